The number of amides is 1. The SMILES string of the molecule is CC1CC[C@@H](C)[C@](O)(C(=O)C(=O)N2CCCC[C@H]2C(=O)O)O1. The number of carboxylic acid groups (broad SMARTS) is 1. The first-order valence-corrected chi connectivity index (χ1v) is 7.75. The van der Waals surface area contributed by atoms with Crippen molar-refractivity contribution in [1.82, 2.24) is 4.90 Å². The minimum atomic E-state index is -2.16. The largest absolute Gasteiger partial charge is 0.480 e. The van der Waals surface area contributed by atoms with E-state index in [1.54, 1.807) is 13.8 Å². The van der Waals surface area contributed by atoms with E-state index in [-0.39, 0.29) is 12.6 Å². The van der Waals surface area contributed by atoms with Crippen LogP contribution in [0.3, 0.4) is 0 Å². The lowest BCUT2D eigenvalue weighted by molar-refractivity contribution is -0.259. The average Bonchev–Trinajstić information content (AvgIpc) is 2.49. The number of hydrogen-bond acceptors (Lipinski definition) is 5. The number of carbonyl (C=O) groups is 3. The Kier molecular flexibility index (Phi) is 4.87. The summed E-state index contributed by atoms with van der Waals surface area (Å²) in [6.45, 7) is 3.60. The van der Waals surface area contributed by atoms with E-state index in [1.165, 1.54) is 0 Å². The van der Waals surface area contributed by atoms with E-state index < -0.39 is 35.4 Å². The summed E-state index contributed by atoms with van der Waals surface area (Å²) in [6, 6.07) is -1.01. The van der Waals surface area contributed by atoms with E-state index in [2.05, 4.69) is 0 Å². The summed E-state index contributed by atoms with van der Waals surface area (Å²) in [5, 5.41) is 19.7. The van der Waals surface area contributed by atoms with Gasteiger partial charge < -0.3 is 19.8 Å². The fourth-order valence-electron chi connectivity index (χ4n) is 3.15. The van der Waals surface area contributed by atoms with Crippen LogP contribution < -0.4 is 0 Å². The highest BCUT2D eigenvalue weighted by Crippen LogP contribution is 2.33. The van der Waals surface area contributed by atoms with Gasteiger partial charge in [0, 0.05) is 12.5 Å². The highest BCUT2D eigenvalue weighted by molar-refractivity contribution is 6.39. The maximum absolute atomic E-state index is 12.5. The normalized spacial score (nSPS) is 36.0. The fourth-order valence-corrected chi connectivity index (χ4v) is 3.15. The van der Waals surface area contributed by atoms with Crippen molar-refractivity contribution in [3.8, 4) is 0 Å². The van der Waals surface area contributed by atoms with E-state index in [0.29, 0.717) is 32.1 Å². The molecule has 2 heterocycles. The molecule has 2 saturated heterocycles. The van der Waals surface area contributed by atoms with Crippen LogP contribution in [-0.4, -0.2) is 57.3 Å². The third kappa shape index (κ3) is 3.01. The van der Waals surface area contributed by atoms with Crippen molar-refractivity contribution in [2.75, 3.05) is 6.54 Å². The van der Waals surface area contributed by atoms with Gasteiger partial charge in [-0.15, -0.1) is 0 Å². The molecule has 4 atom stereocenters. The van der Waals surface area contributed by atoms with Gasteiger partial charge in [-0.2, -0.15) is 0 Å². The number of piperidine rings is 1. The highest BCUT2D eigenvalue weighted by Gasteiger charge is 2.51. The van der Waals surface area contributed by atoms with Crippen LogP contribution in [0.4, 0.5) is 0 Å². The van der Waals surface area contributed by atoms with Crippen LogP contribution in [0.25, 0.3) is 0 Å². The Morgan fingerprint density at radius 2 is 1.82 bits per heavy atom. The van der Waals surface area contributed by atoms with E-state index in [9.17, 15) is 24.6 Å². The minimum absolute atomic E-state index is 0.210. The second kappa shape index (κ2) is 6.34. The van der Waals surface area contributed by atoms with Crippen molar-refractivity contribution in [1.29, 1.82) is 0 Å². The van der Waals surface area contributed by atoms with Gasteiger partial charge in [0.2, 0.25) is 5.79 Å². The number of rotatable bonds is 3. The molecule has 0 bridgehead atoms. The minimum Gasteiger partial charge on any atom is -0.480 e. The molecule has 0 spiro atoms. The number of Topliss-reactive ketones (excluding diaryl/α,β-unsaturated/α-hetero) is 1. The number of aliphatic hydroxyl groups is 1. The molecule has 2 fully saturated rings. The van der Waals surface area contributed by atoms with E-state index in [1.807, 2.05) is 0 Å². The zero-order valence-corrected chi connectivity index (χ0v) is 12.9. The Balaban J connectivity index is 2.20. The molecule has 124 valence electrons. The van der Waals surface area contributed by atoms with Crippen LogP contribution in [0.15, 0.2) is 0 Å². The fraction of sp³-hybridized carbons (Fsp3) is 0.800. The molecule has 0 aromatic carbocycles. The number of ketones is 1. The summed E-state index contributed by atoms with van der Waals surface area (Å²) in [5.41, 5.74) is 0. The number of carbonyl (C=O) groups excluding carboxylic acids is 2. The number of ether oxygens (including phenoxy) is 1. The number of aliphatic carboxylic acids is 1. The third-order valence-corrected chi connectivity index (χ3v) is 4.62. The first kappa shape index (κ1) is 16.9. The zero-order chi connectivity index (χ0) is 16.5. The van der Waals surface area contributed by atoms with Crippen molar-refractivity contribution >= 4 is 17.7 Å². The van der Waals surface area contributed by atoms with Gasteiger partial charge in [-0.3, -0.25) is 9.59 Å². The second-order valence-corrected chi connectivity index (χ2v) is 6.28. The molecular formula is C15H23NO6. The van der Waals surface area contributed by atoms with Gasteiger partial charge in [-0.25, -0.2) is 4.79 Å². The molecule has 0 aliphatic carbocycles. The molecule has 2 aliphatic heterocycles. The monoisotopic (exact) mass is 313 g/mol. The van der Waals surface area contributed by atoms with Crippen molar-refractivity contribution in [3.05, 3.63) is 0 Å². The standard InChI is InChI=1S/C15H23NO6/c1-9-6-7-10(2)22-15(9,21)12(17)13(18)16-8-4-3-5-11(16)14(19)20/h9-11,21H,3-8H2,1-2H3,(H,19,20)/t9-,10?,11+,15-/m1/s1. The molecule has 1 amide bonds. The van der Waals surface area contributed by atoms with Gasteiger partial charge in [-0.1, -0.05) is 6.92 Å². The lowest BCUT2D eigenvalue weighted by Gasteiger charge is -2.41. The molecule has 2 aliphatic rings. The summed E-state index contributed by atoms with van der Waals surface area (Å²) >= 11 is 0. The first-order valence-electron chi connectivity index (χ1n) is 7.75. The van der Waals surface area contributed by atoms with Gasteiger partial charge in [0.05, 0.1) is 6.10 Å². The van der Waals surface area contributed by atoms with Gasteiger partial charge in [0.25, 0.3) is 11.7 Å². The molecule has 7 nitrogen and oxygen atoms in total. The Labute approximate surface area is 129 Å². The van der Waals surface area contributed by atoms with Gasteiger partial charge in [0.1, 0.15) is 6.04 Å². The maximum Gasteiger partial charge on any atom is 0.326 e. The predicted molar refractivity (Wildman–Crippen MR) is 75.9 cm³/mol. The summed E-state index contributed by atoms with van der Waals surface area (Å²) in [5.74, 6) is -5.81. The molecule has 0 aromatic rings. The van der Waals surface area contributed by atoms with Gasteiger partial charge in [0.15, 0.2) is 0 Å². The first-order chi connectivity index (χ1) is 10.3. The second-order valence-electron chi connectivity index (χ2n) is 6.28. The van der Waals surface area contributed by atoms with Crippen molar-refractivity contribution in [2.24, 2.45) is 5.92 Å². The summed E-state index contributed by atoms with van der Waals surface area (Å²) in [7, 11) is 0. The molecule has 0 radical (unpaired) electrons. The van der Waals surface area contributed by atoms with Crippen molar-refractivity contribution in [2.45, 2.75) is 63.9 Å². The third-order valence-electron chi connectivity index (χ3n) is 4.62. The number of nitrogens with zero attached hydrogens (tertiary/aromatic N) is 1. The lowest BCUT2D eigenvalue weighted by atomic mass is 9.87. The summed E-state index contributed by atoms with van der Waals surface area (Å²) in [6.07, 6.45) is 2.61. The molecule has 22 heavy (non-hydrogen) atoms. The maximum atomic E-state index is 12.5. The predicted octanol–water partition coefficient (Wildman–Crippen LogP) is 0.545. The van der Waals surface area contributed by atoms with Gasteiger partial charge in [-0.05, 0) is 39.0 Å². The zero-order valence-electron chi connectivity index (χ0n) is 12.9. The molecule has 1 unspecified atom stereocenters. The Morgan fingerprint density at radius 1 is 1.14 bits per heavy atom. The molecular weight excluding hydrogens is 290 g/mol. The van der Waals surface area contributed by atoms with Crippen LogP contribution in [0, 0.1) is 5.92 Å². The quantitative estimate of drug-likeness (QED) is 0.737. The number of hydrogen-bond donors (Lipinski definition) is 2. The number of likely N-dealkylation sites (tertiary alicyclic amines) is 1. The smallest absolute Gasteiger partial charge is 0.326 e. The van der Waals surface area contributed by atoms with Crippen molar-refractivity contribution < 1.29 is 29.3 Å². The lowest BCUT2D eigenvalue weighted by Crippen LogP contribution is -2.60. The van der Waals surface area contributed by atoms with E-state index >= 15 is 0 Å². The van der Waals surface area contributed by atoms with E-state index in [4.69, 9.17) is 4.74 Å². The van der Waals surface area contributed by atoms with Gasteiger partial charge >= 0.3 is 5.97 Å². The molecule has 2 rings (SSSR count). The Hall–Kier alpha value is -1.47. The molecule has 0 aromatic heterocycles. The van der Waals surface area contributed by atoms with Crippen LogP contribution in [0.5, 0.6) is 0 Å². The van der Waals surface area contributed by atoms with Crippen LogP contribution in [-0.2, 0) is 19.1 Å². The van der Waals surface area contributed by atoms with Crippen LogP contribution in [0.2, 0.25) is 0 Å². The highest BCUT2D eigenvalue weighted by atomic mass is 16.6. The molecule has 0 saturated carbocycles. The Morgan fingerprint density at radius 3 is 2.45 bits per heavy atom. The van der Waals surface area contributed by atoms with Crippen molar-refractivity contribution in [3.63, 3.8) is 0 Å². The van der Waals surface area contributed by atoms with Crippen LogP contribution in [0.1, 0.15) is 46.0 Å². The Bertz CT molecular complexity index is 479. The van der Waals surface area contributed by atoms with Crippen LogP contribution >= 0.6 is 0 Å². The molecule has 7 heteroatoms. The van der Waals surface area contributed by atoms with E-state index in [0.717, 1.165) is 4.90 Å². The molecule has 2 N–H and O–H groups in total. The topological polar surface area (TPSA) is 104 Å². The average molecular weight is 313 g/mol. The summed E-state index contributed by atoms with van der Waals surface area (Å²) < 4.78 is 5.37. The number of carboxylic acids is 1. The summed E-state index contributed by atoms with van der Waals surface area (Å²) in [4.78, 5) is 37.2.